The van der Waals surface area contributed by atoms with Crippen LogP contribution in [0.3, 0.4) is 0 Å². The fourth-order valence-electron chi connectivity index (χ4n) is 6.53. The zero-order chi connectivity index (χ0) is 37.2. The van der Waals surface area contributed by atoms with Gasteiger partial charge in [0.1, 0.15) is 6.17 Å². The highest BCUT2D eigenvalue weighted by Gasteiger charge is 2.27. The number of unbranched alkanes of at least 4 members (excludes halogenated alkanes) is 4. The number of fused-ring (bicyclic) bond motifs is 1. The highest BCUT2D eigenvalue weighted by Crippen LogP contribution is 2.43. The maximum atomic E-state index is 6.19. The van der Waals surface area contributed by atoms with E-state index >= 15 is 0 Å². The van der Waals surface area contributed by atoms with Gasteiger partial charge in [0.25, 0.3) is 0 Å². The second kappa shape index (κ2) is 18.2. The van der Waals surface area contributed by atoms with Crippen LogP contribution in [0.4, 0.5) is 5.69 Å². The molecule has 0 spiro atoms. The maximum Gasteiger partial charge on any atom is 0.203 e. The SMILES string of the molecule is COc1cc(C2NCc3cc(Cl)ccc3N2)ccc1OCCCCCCCOc1cc(C2=NOC(c3cc(OC)c(OC)c(OC)c3)C2)ccc1OC. The summed E-state index contributed by atoms with van der Waals surface area (Å²) in [5.41, 5.74) is 5.92. The lowest BCUT2D eigenvalue weighted by Gasteiger charge is -2.29. The summed E-state index contributed by atoms with van der Waals surface area (Å²) in [6, 6.07) is 21.6. The van der Waals surface area contributed by atoms with E-state index in [0.29, 0.717) is 48.4 Å². The van der Waals surface area contributed by atoms with E-state index in [0.717, 1.165) is 88.8 Å². The molecule has 53 heavy (non-hydrogen) atoms. The molecule has 4 aromatic carbocycles. The maximum absolute atomic E-state index is 6.19. The Hall–Kier alpha value is -5.00. The molecular formula is C41H48ClN3O8. The van der Waals surface area contributed by atoms with Crippen molar-refractivity contribution in [3.05, 3.63) is 94.0 Å². The lowest BCUT2D eigenvalue weighted by molar-refractivity contribution is 0.0853. The Morgan fingerprint density at radius 3 is 2.02 bits per heavy atom. The summed E-state index contributed by atoms with van der Waals surface area (Å²) in [6.07, 6.45) is 5.33. The van der Waals surface area contributed by atoms with E-state index in [1.807, 2.05) is 60.7 Å². The number of anilines is 1. The molecule has 11 nitrogen and oxygen atoms in total. The number of nitrogens with zero attached hydrogens (tertiary/aromatic N) is 1. The molecule has 2 aliphatic heterocycles. The third-order valence-electron chi connectivity index (χ3n) is 9.41. The van der Waals surface area contributed by atoms with Gasteiger partial charge in [-0.3, -0.25) is 5.32 Å². The highest BCUT2D eigenvalue weighted by molar-refractivity contribution is 6.30. The van der Waals surface area contributed by atoms with Crippen LogP contribution in [0.1, 0.15) is 73.0 Å². The van der Waals surface area contributed by atoms with Gasteiger partial charge in [-0.25, -0.2) is 0 Å². The van der Waals surface area contributed by atoms with Crippen LogP contribution in [0.5, 0.6) is 40.2 Å². The van der Waals surface area contributed by atoms with Crippen LogP contribution in [0, 0.1) is 0 Å². The monoisotopic (exact) mass is 745 g/mol. The Balaban J connectivity index is 0.919. The third-order valence-corrected chi connectivity index (χ3v) is 9.65. The van der Waals surface area contributed by atoms with Crippen molar-refractivity contribution in [3.63, 3.8) is 0 Å². The summed E-state index contributed by atoms with van der Waals surface area (Å²) in [5.74, 6) is 4.50. The van der Waals surface area contributed by atoms with Gasteiger partial charge in [-0.15, -0.1) is 0 Å². The second-order valence-electron chi connectivity index (χ2n) is 12.8. The van der Waals surface area contributed by atoms with Crippen molar-refractivity contribution in [2.75, 3.05) is 54.1 Å². The predicted octanol–water partition coefficient (Wildman–Crippen LogP) is 8.87. The van der Waals surface area contributed by atoms with Gasteiger partial charge >= 0.3 is 0 Å². The zero-order valence-corrected chi connectivity index (χ0v) is 31.7. The molecule has 2 heterocycles. The zero-order valence-electron chi connectivity index (χ0n) is 31.0. The number of nitrogens with one attached hydrogen (secondary N) is 2. The van der Waals surface area contributed by atoms with Gasteiger partial charge in [0, 0.05) is 34.8 Å². The number of hydrogen-bond donors (Lipinski definition) is 2. The first-order valence-electron chi connectivity index (χ1n) is 17.9. The fourth-order valence-corrected chi connectivity index (χ4v) is 6.73. The molecular weight excluding hydrogens is 698 g/mol. The average molecular weight is 746 g/mol. The number of rotatable bonds is 18. The van der Waals surface area contributed by atoms with Crippen LogP contribution < -0.4 is 43.8 Å². The number of benzene rings is 4. The third kappa shape index (κ3) is 9.15. The van der Waals surface area contributed by atoms with Crippen LogP contribution >= 0.6 is 11.6 Å². The van der Waals surface area contributed by atoms with Crippen molar-refractivity contribution in [2.24, 2.45) is 5.16 Å². The Kier molecular flexibility index (Phi) is 12.9. The van der Waals surface area contributed by atoms with Gasteiger partial charge in [0.2, 0.25) is 5.75 Å². The van der Waals surface area contributed by atoms with E-state index in [1.165, 1.54) is 0 Å². The molecule has 2 atom stereocenters. The first-order chi connectivity index (χ1) is 25.9. The van der Waals surface area contributed by atoms with Crippen molar-refractivity contribution in [3.8, 4) is 40.2 Å². The van der Waals surface area contributed by atoms with Gasteiger partial charge in [-0.2, -0.15) is 0 Å². The molecule has 0 bridgehead atoms. The molecule has 0 amide bonds. The van der Waals surface area contributed by atoms with Gasteiger partial charge in [0.15, 0.2) is 40.6 Å². The second-order valence-corrected chi connectivity index (χ2v) is 13.2. The van der Waals surface area contributed by atoms with Gasteiger partial charge in [-0.05, 0) is 84.6 Å². The molecule has 4 aromatic rings. The van der Waals surface area contributed by atoms with E-state index in [4.69, 9.17) is 49.6 Å². The number of ether oxygens (including phenoxy) is 7. The summed E-state index contributed by atoms with van der Waals surface area (Å²) >= 11 is 6.15. The van der Waals surface area contributed by atoms with Gasteiger partial charge < -0.3 is 43.3 Å². The summed E-state index contributed by atoms with van der Waals surface area (Å²) in [4.78, 5) is 5.85. The minimum atomic E-state index is -0.292. The molecule has 2 unspecified atom stereocenters. The fraction of sp³-hybridized carbons (Fsp3) is 0.390. The van der Waals surface area contributed by atoms with Crippen LogP contribution in [0.15, 0.2) is 71.9 Å². The Morgan fingerprint density at radius 2 is 1.32 bits per heavy atom. The van der Waals surface area contributed by atoms with E-state index < -0.39 is 0 Å². The smallest absolute Gasteiger partial charge is 0.203 e. The van der Waals surface area contributed by atoms with Gasteiger partial charge in [-0.1, -0.05) is 42.1 Å². The molecule has 0 saturated heterocycles. The quantitative estimate of drug-likeness (QED) is 0.0959. The Bertz CT molecular complexity index is 1860. The van der Waals surface area contributed by atoms with Crippen LogP contribution in [0.2, 0.25) is 5.02 Å². The molecule has 0 fully saturated rings. The highest BCUT2D eigenvalue weighted by atomic mass is 35.5. The number of methoxy groups -OCH3 is 5. The molecule has 0 saturated carbocycles. The van der Waals surface area contributed by atoms with E-state index in [9.17, 15) is 0 Å². The molecule has 2 N–H and O–H groups in total. The number of halogens is 1. The lowest BCUT2D eigenvalue weighted by atomic mass is 9.99. The molecule has 6 rings (SSSR count). The minimum absolute atomic E-state index is 0.0358. The molecule has 0 radical (unpaired) electrons. The molecule has 2 aliphatic rings. The van der Waals surface area contributed by atoms with Crippen LogP contribution in [0.25, 0.3) is 0 Å². The summed E-state index contributed by atoms with van der Waals surface area (Å²) in [5, 5.41) is 12.2. The molecule has 0 aliphatic carbocycles. The lowest BCUT2D eigenvalue weighted by Crippen LogP contribution is -2.32. The topological polar surface area (TPSA) is 110 Å². The summed E-state index contributed by atoms with van der Waals surface area (Å²) < 4.78 is 40.1. The normalized spacial score (nSPS) is 16.1. The number of hydrogen-bond acceptors (Lipinski definition) is 11. The van der Waals surface area contributed by atoms with E-state index in [2.05, 4.69) is 21.9 Å². The van der Waals surface area contributed by atoms with Crippen molar-refractivity contribution in [1.29, 1.82) is 0 Å². The van der Waals surface area contributed by atoms with Crippen molar-refractivity contribution < 1.29 is 38.0 Å². The van der Waals surface area contributed by atoms with Crippen LogP contribution in [-0.2, 0) is 11.4 Å². The van der Waals surface area contributed by atoms with Crippen LogP contribution in [-0.4, -0.2) is 54.5 Å². The van der Waals surface area contributed by atoms with Gasteiger partial charge in [0.05, 0.1) is 54.5 Å². The minimum Gasteiger partial charge on any atom is -0.493 e. The molecule has 282 valence electrons. The molecule has 12 heteroatoms. The standard InChI is InChI=1S/C41H48ClN3O8/c1-46-33-15-11-26(32-24-35(53-45-32)28-22-38(48-3)40(50-5)39(23-28)49-4)20-37(33)52-18-10-8-6-7-9-17-51-34-16-12-27(21-36(34)47-2)41-43-25-29-19-30(42)13-14-31(29)44-41/h11-16,19-23,35,41,43-44H,6-10,17-18,24-25H2,1-5H3. The van der Waals surface area contributed by atoms with E-state index in [1.54, 1.807) is 35.5 Å². The molecule has 0 aromatic heterocycles. The van der Waals surface area contributed by atoms with Crippen molar-refractivity contribution >= 4 is 23.0 Å². The first-order valence-corrected chi connectivity index (χ1v) is 18.2. The summed E-state index contributed by atoms with van der Waals surface area (Å²) in [7, 11) is 8.09. The Labute approximate surface area is 316 Å². The average Bonchev–Trinajstić information content (AvgIpc) is 3.70. The van der Waals surface area contributed by atoms with Crippen molar-refractivity contribution in [1.82, 2.24) is 5.32 Å². The largest absolute Gasteiger partial charge is 0.493 e. The first kappa shape index (κ1) is 37.7. The predicted molar refractivity (Wildman–Crippen MR) is 206 cm³/mol. The Morgan fingerprint density at radius 1 is 0.660 bits per heavy atom. The summed E-state index contributed by atoms with van der Waals surface area (Å²) in [6.45, 7) is 1.94. The number of oxime groups is 1. The van der Waals surface area contributed by atoms with E-state index in [-0.39, 0.29) is 12.3 Å². The van der Waals surface area contributed by atoms with Crippen molar-refractivity contribution in [2.45, 2.75) is 57.3 Å².